The Labute approximate surface area is 54.4 Å². The molecular weight excluding hydrogens is 132 g/mol. The summed E-state index contributed by atoms with van der Waals surface area (Å²) in [5.41, 5.74) is 16.2. The van der Waals surface area contributed by atoms with Gasteiger partial charge in [0.25, 0.3) is 8.07 Å². The Balaban J connectivity index is 4.36. The Morgan fingerprint density at radius 1 is 1.11 bits per heavy atom. The first-order valence-corrected chi connectivity index (χ1v) is 5.65. The second-order valence-electron chi connectivity index (χ2n) is 2.31. The van der Waals surface area contributed by atoms with Crippen molar-refractivity contribution in [2.75, 3.05) is 0 Å². The van der Waals surface area contributed by atoms with Crippen LogP contribution in [-0.4, -0.2) is 29.3 Å². The maximum absolute atomic E-state index is 8.09. The van der Waals surface area contributed by atoms with Gasteiger partial charge in [-0.1, -0.05) is 0 Å². The van der Waals surface area contributed by atoms with Gasteiger partial charge in [0.1, 0.15) is 0 Å². The molecule has 0 N–H and O–H groups in total. The largest absolute Gasteiger partial charge is 0.362 e. The van der Waals surface area contributed by atoms with Crippen LogP contribution in [0.15, 0.2) is 0 Å². The van der Waals surface area contributed by atoms with E-state index in [0.717, 1.165) is 0 Å². The first-order chi connectivity index (χ1) is 4.12. The van der Waals surface area contributed by atoms with Crippen molar-refractivity contribution >= 4 is 19.7 Å². The standard InChI is InChI=1S/C4H8N4Si/c1-9(2,3-7-5)4-8-6/h3-4H,1-2H3. The smallest absolute Gasteiger partial charge is 0.297 e. The van der Waals surface area contributed by atoms with Crippen LogP contribution >= 0.6 is 0 Å². The zero-order valence-corrected chi connectivity index (χ0v) is 6.44. The highest BCUT2D eigenvalue weighted by molar-refractivity contribution is 7.16. The van der Waals surface area contributed by atoms with E-state index in [0.29, 0.717) is 0 Å². The van der Waals surface area contributed by atoms with Crippen LogP contribution in [0.2, 0.25) is 13.1 Å². The van der Waals surface area contributed by atoms with Crippen molar-refractivity contribution in [2.45, 2.75) is 13.1 Å². The minimum Gasteiger partial charge on any atom is -0.362 e. The van der Waals surface area contributed by atoms with Gasteiger partial charge in [0.05, 0.1) is 0 Å². The highest BCUT2D eigenvalue weighted by Crippen LogP contribution is 1.88. The maximum Gasteiger partial charge on any atom is 0.297 e. The Morgan fingerprint density at radius 3 is 1.67 bits per heavy atom. The van der Waals surface area contributed by atoms with E-state index in [9.17, 15) is 0 Å². The fourth-order valence-electron chi connectivity index (χ4n) is 0.331. The van der Waals surface area contributed by atoms with Crippen molar-refractivity contribution < 1.29 is 9.58 Å². The average molecular weight is 140 g/mol. The van der Waals surface area contributed by atoms with Crippen molar-refractivity contribution in [3.63, 3.8) is 0 Å². The molecule has 0 rings (SSSR count). The molecule has 0 aromatic rings. The van der Waals surface area contributed by atoms with Gasteiger partial charge in [0, 0.05) is 0 Å². The van der Waals surface area contributed by atoms with Crippen molar-refractivity contribution in [2.24, 2.45) is 0 Å². The number of hydrogen-bond donors (Lipinski definition) is 0. The lowest BCUT2D eigenvalue weighted by atomic mass is 11.6. The number of rotatable bonds is 2. The molecule has 0 aromatic heterocycles. The van der Waals surface area contributed by atoms with Gasteiger partial charge in [-0.25, -0.2) is 0 Å². The molecule has 0 atom stereocenters. The molecule has 0 unspecified atom stereocenters. The van der Waals surface area contributed by atoms with Crippen LogP contribution in [-0.2, 0) is 0 Å². The highest BCUT2D eigenvalue weighted by Gasteiger charge is 2.27. The molecule has 0 aromatic carbocycles. The molecule has 5 heteroatoms. The highest BCUT2D eigenvalue weighted by atomic mass is 28.3. The van der Waals surface area contributed by atoms with Gasteiger partial charge in [-0.3, -0.25) is 0 Å². The Bertz CT molecular complexity index is 165. The summed E-state index contributed by atoms with van der Waals surface area (Å²) in [6, 6.07) is 0. The van der Waals surface area contributed by atoms with Gasteiger partial charge in [-0.2, -0.15) is 9.58 Å². The van der Waals surface area contributed by atoms with Gasteiger partial charge in [0.15, 0.2) is 0 Å². The fraction of sp³-hybridized carbons (Fsp3) is 0.500. The summed E-state index contributed by atoms with van der Waals surface area (Å²) in [5.74, 6) is 2.82. The third-order valence-electron chi connectivity index (χ3n) is 0.781. The Morgan fingerprint density at radius 2 is 1.44 bits per heavy atom. The molecule has 0 aliphatic rings. The second-order valence-corrected chi connectivity index (χ2v) is 6.47. The van der Waals surface area contributed by atoms with E-state index >= 15 is 0 Å². The minimum atomic E-state index is -1.79. The zero-order valence-electron chi connectivity index (χ0n) is 5.44. The Kier molecular flexibility index (Phi) is 2.74. The van der Waals surface area contributed by atoms with E-state index < -0.39 is 8.07 Å². The molecule has 48 valence electrons. The van der Waals surface area contributed by atoms with Crippen molar-refractivity contribution in [3.05, 3.63) is 11.1 Å². The van der Waals surface area contributed by atoms with Crippen LogP contribution in [0.4, 0.5) is 0 Å². The summed E-state index contributed by atoms with van der Waals surface area (Å²) in [6.45, 7) is 3.76. The maximum atomic E-state index is 8.09. The lowest BCUT2D eigenvalue weighted by Crippen LogP contribution is -2.31. The van der Waals surface area contributed by atoms with E-state index in [4.69, 9.17) is 11.1 Å². The fourth-order valence-corrected chi connectivity index (χ4v) is 0.993. The monoisotopic (exact) mass is 140 g/mol. The predicted molar refractivity (Wildman–Crippen MR) is 36.8 cm³/mol. The quantitative estimate of drug-likeness (QED) is 0.230. The van der Waals surface area contributed by atoms with E-state index in [1.807, 2.05) is 13.1 Å². The van der Waals surface area contributed by atoms with Crippen LogP contribution in [0.5, 0.6) is 0 Å². The first-order valence-electron chi connectivity index (χ1n) is 2.49. The Hall–Kier alpha value is -1.02. The van der Waals surface area contributed by atoms with E-state index in [1.54, 1.807) is 0 Å². The normalized spacial score (nSPS) is 9.11. The van der Waals surface area contributed by atoms with Gasteiger partial charge in [-0.05, 0) is 13.1 Å². The molecule has 0 radical (unpaired) electrons. The van der Waals surface area contributed by atoms with Crippen LogP contribution in [0.3, 0.4) is 0 Å². The van der Waals surface area contributed by atoms with Crippen LogP contribution < -0.4 is 0 Å². The van der Waals surface area contributed by atoms with Gasteiger partial charge >= 0.3 is 0 Å². The SMILES string of the molecule is C[Si](C)(C=[N+]=[N-])C=[N+]=[N-]. The van der Waals surface area contributed by atoms with Crippen molar-refractivity contribution in [3.8, 4) is 0 Å². The summed E-state index contributed by atoms with van der Waals surface area (Å²) in [5, 5.41) is 0. The van der Waals surface area contributed by atoms with Crippen LogP contribution in [0.25, 0.3) is 11.1 Å². The van der Waals surface area contributed by atoms with Gasteiger partial charge in [-0.15, -0.1) is 0 Å². The third kappa shape index (κ3) is 3.55. The summed E-state index contributed by atoms with van der Waals surface area (Å²) in [4.78, 5) is 5.72. The third-order valence-corrected chi connectivity index (χ3v) is 2.34. The molecule has 0 fully saturated rings. The molecular formula is C4H8N4Si. The molecule has 0 aliphatic heterocycles. The van der Waals surface area contributed by atoms with Gasteiger partial charge < -0.3 is 11.1 Å². The molecule has 9 heavy (non-hydrogen) atoms. The molecule has 0 heterocycles. The summed E-state index contributed by atoms with van der Waals surface area (Å²) in [6.07, 6.45) is 0. The van der Waals surface area contributed by atoms with E-state index in [1.165, 1.54) is 11.7 Å². The first kappa shape index (κ1) is 7.98. The second kappa shape index (κ2) is 3.09. The summed E-state index contributed by atoms with van der Waals surface area (Å²) in [7, 11) is -1.79. The van der Waals surface area contributed by atoms with Crippen molar-refractivity contribution in [1.82, 2.24) is 0 Å². The minimum absolute atomic E-state index is 1.41. The average Bonchev–Trinajstić information content (AvgIpc) is 1.64. The lowest BCUT2D eigenvalue weighted by molar-refractivity contribution is 0.00331. The predicted octanol–water partition coefficient (Wildman–Crippen LogP) is 0.374. The molecule has 0 bridgehead atoms. The molecule has 0 saturated carbocycles. The summed E-state index contributed by atoms with van der Waals surface area (Å²) >= 11 is 0. The molecule has 0 amide bonds. The molecule has 0 spiro atoms. The van der Waals surface area contributed by atoms with Gasteiger partial charge in [0.2, 0.25) is 11.7 Å². The van der Waals surface area contributed by atoms with Crippen molar-refractivity contribution in [1.29, 1.82) is 0 Å². The topological polar surface area (TPSA) is 72.8 Å². The number of hydrogen-bond acceptors (Lipinski definition) is 0. The van der Waals surface area contributed by atoms with E-state index in [2.05, 4.69) is 9.58 Å². The summed E-state index contributed by atoms with van der Waals surface area (Å²) < 4.78 is 0. The van der Waals surface area contributed by atoms with Crippen LogP contribution in [0.1, 0.15) is 0 Å². The molecule has 0 aliphatic carbocycles. The van der Waals surface area contributed by atoms with Crippen LogP contribution in [0, 0.1) is 0 Å². The lowest BCUT2D eigenvalue weighted by Gasteiger charge is -1.90. The van der Waals surface area contributed by atoms with E-state index in [-0.39, 0.29) is 0 Å². The molecule has 4 nitrogen and oxygen atoms in total. The number of nitrogens with zero attached hydrogens (tertiary/aromatic N) is 4. The molecule has 0 saturated heterocycles. The zero-order chi connectivity index (χ0) is 7.33.